The molecule has 0 heterocycles. The third kappa shape index (κ3) is 11.2. The third-order valence-corrected chi connectivity index (χ3v) is 1.46. The Kier molecular flexibility index (Phi) is 6.32. The molecule has 0 bridgehead atoms. The van der Waals surface area contributed by atoms with Gasteiger partial charge in [0.2, 0.25) is 0 Å². The Labute approximate surface area is 88.6 Å². The van der Waals surface area contributed by atoms with E-state index in [2.05, 4.69) is 4.74 Å². The fourth-order valence-electron chi connectivity index (χ4n) is 1.06. The van der Waals surface area contributed by atoms with E-state index in [-0.39, 0.29) is 6.61 Å². The van der Waals surface area contributed by atoms with Gasteiger partial charge in [0.15, 0.2) is 0 Å². The van der Waals surface area contributed by atoms with Gasteiger partial charge in [-0.15, -0.1) is 0 Å². The highest BCUT2D eigenvalue weighted by Gasteiger charge is 2.26. The highest BCUT2D eigenvalue weighted by atomic mass is 19.4. The van der Waals surface area contributed by atoms with E-state index in [1.54, 1.807) is 12.2 Å². The van der Waals surface area contributed by atoms with Crippen molar-refractivity contribution in [3.8, 4) is 0 Å². The van der Waals surface area contributed by atoms with Gasteiger partial charge in [-0.25, -0.2) is 0 Å². The minimum absolute atomic E-state index is 0.0111. The number of rotatable bonds is 5. The molecule has 0 N–H and O–H groups in total. The van der Waals surface area contributed by atoms with Crippen molar-refractivity contribution in [1.82, 2.24) is 0 Å². The maximum absolute atomic E-state index is 11.7. The lowest BCUT2D eigenvalue weighted by Gasteiger charge is -2.04. The fourth-order valence-corrected chi connectivity index (χ4v) is 1.06. The zero-order valence-corrected chi connectivity index (χ0v) is 9.27. The zero-order chi connectivity index (χ0) is 11.9. The summed E-state index contributed by atoms with van der Waals surface area (Å²) < 4.78 is 39.4. The molecule has 0 aromatic heterocycles. The number of ether oxygens (including phenoxy) is 1. The Balaban J connectivity index is 3.72. The molecule has 0 rings (SSSR count). The zero-order valence-electron chi connectivity index (χ0n) is 9.27. The molecular formula is C11H17F3O. The first-order valence-corrected chi connectivity index (χ1v) is 4.80. The van der Waals surface area contributed by atoms with Crippen LogP contribution < -0.4 is 0 Å². The smallest absolute Gasteiger partial charge is 0.368 e. The Morgan fingerprint density at radius 3 is 2.40 bits per heavy atom. The predicted molar refractivity (Wildman–Crippen MR) is 54.6 cm³/mol. The summed E-state index contributed by atoms with van der Waals surface area (Å²) in [7, 11) is 0. The topological polar surface area (TPSA) is 9.23 Å². The van der Waals surface area contributed by atoms with Crippen LogP contribution in [0.5, 0.6) is 0 Å². The van der Waals surface area contributed by atoms with Crippen LogP contribution in [0.15, 0.2) is 23.8 Å². The van der Waals surface area contributed by atoms with Crippen LogP contribution in [0, 0.1) is 5.92 Å². The Morgan fingerprint density at radius 2 is 1.93 bits per heavy atom. The number of alkyl halides is 3. The second-order valence-electron chi connectivity index (χ2n) is 3.69. The first-order chi connectivity index (χ1) is 6.81. The summed E-state index contributed by atoms with van der Waals surface area (Å²) in [6, 6.07) is 0. The lowest BCUT2D eigenvalue weighted by atomic mass is 10.1. The van der Waals surface area contributed by atoms with Crippen molar-refractivity contribution in [2.75, 3.05) is 13.2 Å². The number of allylic oxidation sites excluding steroid dienone is 3. The maximum atomic E-state index is 11.7. The van der Waals surface area contributed by atoms with Gasteiger partial charge in [-0.1, -0.05) is 37.6 Å². The number of hydrogen-bond donors (Lipinski definition) is 0. The van der Waals surface area contributed by atoms with Crippen LogP contribution in [0.1, 0.15) is 20.8 Å². The van der Waals surface area contributed by atoms with Crippen LogP contribution in [0.3, 0.4) is 0 Å². The molecule has 0 saturated heterocycles. The van der Waals surface area contributed by atoms with E-state index >= 15 is 0 Å². The van der Waals surface area contributed by atoms with E-state index in [0.29, 0.717) is 5.92 Å². The number of hydrogen-bond acceptors (Lipinski definition) is 1. The molecule has 88 valence electrons. The van der Waals surface area contributed by atoms with Crippen LogP contribution in [-0.4, -0.2) is 19.4 Å². The van der Waals surface area contributed by atoms with E-state index < -0.39 is 12.8 Å². The van der Waals surface area contributed by atoms with Crippen molar-refractivity contribution in [3.05, 3.63) is 23.8 Å². The summed E-state index contributed by atoms with van der Waals surface area (Å²) in [6.45, 7) is 4.78. The molecule has 15 heavy (non-hydrogen) atoms. The van der Waals surface area contributed by atoms with Crippen LogP contribution in [0.25, 0.3) is 0 Å². The van der Waals surface area contributed by atoms with Gasteiger partial charge in [-0.3, -0.25) is 0 Å². The normalized spacial score (nSPS) is 14.2. The predicted octanol–water partition coefficient (Wildman–Crippen LogP) is 3.72. The third-order valence-electron chi connectivity index (χ3n) is 1.46. The van der Waals surface area contributed by atoms with Crippen molar-refractivity contribution < 1.29 is 17.9 Å². The highest BCUT2D eigenvalue weighted by molar-refractivity contribution is 5.16. The summed E-state index contributed by atoms with van der Waals surface area (Å²) in [5.74, 6) is 0.436. The molecule has 0 atom stereocenters. The molecule has 0 aliphatic heterocycles. The molecular weight excluding hydrogens is 205 g/mol. The van der Waals surface area contributed by atoms with Crippen molar-refractivity contribution in [2.24, 2.45) is 5.92 Å². The quantitative estimate of drug-likeness (QED) is 0.508. The molecule has 0 unspecified atom stereocenters. The summed E-state index contributed by atoms with van der Waals surface area (Å²) in [5.41, 5.74) is 1.03. The lowest BCUT2D eigenvalue weighted by molar-refractivity contribution is -0.171. The first kappa shape index (κ1) is 14.2. The molecule has 0 aromatic rings. The van der Waals surface area contributed by atoms with Gasteiger partial charge in [0.05, 0.1) is 6.61 Å². The second kappa shape index (κ2) is 6.67. The minimum Gasteiger partial charge on any atom is -0.368 e. The van der Waals surface area contributed by atoms with Gasteiger partial charge in [-0.2, -0.15) is 13.2 Å². The van der Waals surface area contributed by atoms with E-state index in [4.69, 9.17) is 0 Å². The van der Waals surface area contributed by atoms with E-state index in [0.717, 1.165) is 5.57 Å². The molecule has 1 nitrogen and oxygen atoms in total. The Hall–Kier alpha value is -0.770. The van der Waals surface area contributed by atoms with E-state index in [9.17, 15) is 13.2 Å². The molecule has 0 amide bonds. The largest absolute Gasteiger partial charge is 0.411 e. The Bertz CT molecular complexity index is 226. The number of halogens is 3. The van der Waals surface area contributed by atoms with Gasteiger partial charge in [0.1, 0.15) is 6.61 Å². The van der Waals surface area contributed by atoms with Crippen LogP contribution in [0.2, 0.25) is 0 Å². The summed E-state index contributed by atoms with van der Waals surface area (Å²) in [6.07, 6.45) is 1.13. The Morgan fingerprint density at radius 1 is 1.33 bits per heavy atom. The van der Waals surface area contributed by atoms with Crippen molar-refractivity contribution in [2.45, 2.75) is 26.9 Å². The first-order valence-electron chi connectivity index (χ1n) is 4.80. The molecule has 4 heteroatoms. The molecule has 0 aliphatic rings. The van der Waals surface area contributed by atoms with Crippen molar-refractivity contribution in [3.63, 3.8) is 0 Å². The summed E-state index contributed by atoms with van der Waals surface area (Å²) in [5, 5.41) is 0. The van der Waals surface area contributed by atoms with Gasteiger partial charge < -0.3 is 4.74 Å². The molecule has 0 aromatic carbocycles. The van der Waals surface area contributed by atoms with Gasteiger partial charge in [-0.05, 0) is 12.8 Å². The second-order valence-corrected chi connectivity index (χ2v) is 3.69. The van der Waals surface area contributed by atoms with E-state index in [1.807, 2.05) is 26.8 Å². The maximum Gasteiger partial charge on any atom is 0.411 e. The van der Waals surface area contributed by atoms with E-state index in [1.165, 1.54) is 0 Å². The molecule has 0 saturated carbocycles. The average Bonchev–Trinajstić information content (AvgIpc) is 1.99. The van der Waals surface area contributed by atoms with Gasteiger partial charge >= 0.3 is 6.18 Å². The van der Waals surface area contributed by atoms with Gasteiger partial charge in [0, 0.05) is 0 Å². The molecule has 0 radical (unpaired) electrons. The van der Waals surface area contributed by atoms with Crippen molar-refractivity contribution >= 4 is 0 Å². The molecule has 0 spiro atoms. The van der Waals surface area contributed by atoms with Crippen LogP contribution in [0.4, 0.5) is 13.2 Å². The fraction of sp³-hybridized carbons (Fsp3) is 0.636. The molecule has 0 aliphatic carbocycles. The standard InChI is InChI=1S/C11H17F3O/c1-9(2)7-10(3)5-4-6-15-8-11(12,13)14/h4-5,7,9H,6,8H2,1-3H3/b5-4-,10-7-. The monoisotopic (exact) mass is 222 g/mol. The SMILES string of the molecule is CC(/C=C\COCC(F)(F)F)=C/C(C)C. The highest BCUT2D eigenvalue weighted by Crippen LogP contribution is 2.14. The lowest BCUT2D eigenvalue weighted by Crippen LogP contribution is -2.16. The minimum atomic E-state index is -4.24. The summed E-state index contributed by atoms with van der Waals surface area (Å²) in [4.78, 5) is 0. The summed E-state index contributed by atoms with van der Waals surface area (Å²) >= 11 is 0. The van der Waals surface area contributed by atoms with Crippen LogP contribution in [-0.2, 0) is 4.74 Å². The average molecular weight is 222 g/mol. The van der Waals surface area contributed by atoms with Crippen LogP contribution >= 0.6 is 0 Å². The molecule has 0 fully saturated rings. The van der Waals surface area contributed by atoms with Gasteiger partial charge in [0.25, 0.3) is 0 Å². The van der Waals surface area contributed by atoms with Crippen molar-refractivity contribution in [1.29, 1.82) is 0 Å².